The topological polar surface area (TPSA) is 26.0 Å². The predicted molar refractivity (Wildman–Crippen MR) is 77.2 cm³/mol. The van der Waals surface area contributed by atoms with Crippen LogP contribution in [0.2, 0.25) is 0 Å². The van der Waals surface area contributed by atoms with Gasteiger partial charge in [0.25, 0.3) is 0 Å². The standard InChI is InChI=1S/C15H10BNO/c16-12-5-1-3-10-9(12)6-7-13-14(10)11-4-2-8-17-15(11)18-13/h1-8H,16H2. The van der Waals surface area contributed by atoms with Crippen molar-refractivity contribution in [2.45, 2.75) is 0 Å². The Labute approximate surface area is 105 Å². The van der Waals surface area contributed by atoms with Crippen LogP contribution in [0.1, 0.15) is 0 Å². The van der Waals surface area contributed by atoms with Gasteiger partial charge in [0.2, 0.25) is 5.71 Å². The first kappa shape index (κ1) is 9.72. The van der Waals surface area contributed by atoms with Gasteiger partial charge in [0.05, 0.1) is 0 Å². The molecule has 0 amide bonds. The highest BCUT2D eigenvalue weighted by Gasteiger charge is 2.10. The molecule has 0 aliphatic carbocycles. The van der Waals surface area contributed by atoms with Gasteiger partial charge in [-0.05, 0) is 29.0 Å². The first-order valence-electron chi connectivity index (χ1n) is 6.00. The zero-order chi connectivity index (χ0) is 12.1. The molecule has 3 heteroatoms. The van der Waals surface area contributed by atoms with E-state index in [0.717, 1.165) is 11.0 Å². The summed E-state index contributed by atoms with van der Waals surface area (Å²) in [5.41, 5.74) is 2.90. The summed E-state index contributed by atoms with van der Waals surface area (Å²) in [6.07, 6.45) is 1.76. The third kappa shape index (κ3) is 1.16. The van der Waals surface area contributed by atoms with Crippen LogP contribution in [0.3, 0.4) is 0 Å². The van der Waals surface area contributed by atoms with E-state index in [9.17, 15) is 0 Å². The van der Waals surface area contributed by atoms with Crippen molar-refractivity contribution < 1.29 is 4.42 Å². The number of rotatable bonds is 0. The Morgan fingerprint density at radius 3 is 2.72 bits per heavy atom. The summed E-state index contributed by atoms with van der Waals surface area (Å²) >= 11 is 0. The molecule has 2 heterocycles. The van der Waals surface area contributed by atoms with Gasteiger partial charge >= 0.3 is 0 Å². The zero-order valence-electron chi connectivity index (χ0n) is 9.97. The number of aromatic nitrogens is 1. The summed E-state index contributed by atoms with van der Waals surface area (Å²) in [4.78, 5) is 4.28. The fourth-order valence-electron chi connectivity index (χ4n) is 2.62. The molecule has 0 bridgehead atoms. The molecule has 2 aromatic heterocycles. The van der Waals surface area contributed by atoms with Crippen molar-refractivity contribution >= 4 is 46.2 Å². The Hall–Kier alpha value is -2.29. The number of furan rings is 1. The minimum Gasteiger partial charge on any atom is -0.438 e. The van der Waals surface area contributed by atoms with Crippen LogP contribution in [-0.4, -0.2) is 12.8 Å². The molecular formula is C15H10BNO. The van der Waals surface area contributed by atoms with Crippen LogP contribution in [0.25, 0.3) is 32.8 Å². The lowest BCUT2D eigenvalue weighted by Crippen LogP contribution is -2.02. The fourth-order valence-corrected chi connectivity index (χ4v) is 2.62. The molecule has 0 aliphatic rings. The first-order chi connectivity index (χ1) is 8.84. The van der Waals surface area contributed by atoms with E-state index >= 15 is 0 Å². The Balaban J connectivity index is 2.37. The summed E-state index contributed by atoms with van der Waals surface area (Å²) in [6.45, 7) is 0. The van der Waals surface area contributed by atoms with Gasteiger partial charge < -0.3 is 4.42 Å². The van der Waals surface area contributed by atoms with Gasteiger partial charge in [-0.25, -0.2) is 4.98 Å². The van der Waals surface area contributed by atoms with E-state index < -0.39 is 0 Å². The fraction of sp³-hybridized carbons (Fsp3) is 0. The number of fused-ring (bicyclic) bond motifs is 5. The van der Waals surface area contributed by atoms with Crippen LogP contribution in [0.5, 0.6) is 0 Å². The summed E-state index contributed by atoms with van der Waals surface area (Å²) in [5.74, 6) is 0. The summed E-state index contributed by atoms with van der Waals surface area (Å²) in [5, 5.41) is 4.76. The van der Waals surface area contributed by atoms with Crippen LogP contribution < -0.4 is 5.46 Å². The van der Waals surface area contributed by atoms with Crippen LogP contribution in [0, 0.1) is 0 Å². The summed E-state index contributed by atoms with van der Waals surface area (Å²) in [7, 11) is 2.13. The van der Waals surface area contributed by atoms with Gasteiger partial charge in [-0.3, -0.25) is 0 Å². The second-order valence-corrected chi connectivity index (χ2v) is 4.57. The van der Waals surface area contributed by atoms with Gasteiger partial charge in [0.15, 0.2) is 0 Å². The van der Waals surface area contributed by atoms with E-state index in [1.54, 1.807) is 6.20 Å². The SMILES string of the molecule is Bc1cccc2c1ccc1oc3ncccc3c12. The molecule has 2 aromatic carbocycles. The van der Waals surface area contributed by atoms with Gasteiger partial charge in [-0.1, -0.05) is 29.7 Å². The van der Waals surface area contributed by atoms with Crippen molar-refractivity contribution in [1.82, 2.24) is 4.98 Å². The zero-order valence-corrected chi connectivity index (χ0v) is 9.97. The van der Waals surface area contributed by atoms with Crippen LogP contribution in [-0.2, 0) is 0 Å². The molecule has 0 saturated carbocycles. The molecule has 0 N–H and O–H groups in total. The number of pyridine rings is 1. The number of benzene rings is 2. The Morgan fingerprint density at radius 2 is 1.78 bits per heavy atom. The van der Waals surface area contributed by atoms with Crippen molar-refractivity contribution in [3.8, 4) is 0 Å². The minimum atomic E-state index is 0.710. The highest BCUT2D eigenvalue weighted by molar-refractivity contribution is 6.40. The molecule has 84 valence electrons. The van der Waals surface area contributed by atoms with E-state index in [1.165, 1.54) is 21.6 Å². The second-order valence-electron chi connectivity index (χ2n) is 4.57. The average Bonchev–Trinajstić information content (AvgIpc) is 2.77. The van der Waals surface area contributed by atoms with Crippen molar-refractivity contribution in [2.24, 2.45) is 0 Å². The molecule has 4 aromatic rings. The molecule has 4 rings (SSSR count). The smallest absolute Gasteiger partial charge is 0.227 e. The molecule has 0 saturated heterocycles. The maximum atomic E-state index is 5.79. The molecule has 0 aliphatic heterocycles. The van der Waals surface area contributed by atoms with Crippen LogP contribution in [0.4, 0.5) is 0 Å². The molecule has 18 heavy (non-hydrogen) atoms. The third-order valence-corrected chi connectivity index (χ3v) is 3.49. The first-order valence-corrected chi connectivity index (χ1v) is 6.00. The van der Waals surface area contributed by atoms with E-state index in [4.69, 9.17) is 4.42 Å². The summed E-state index contributed by atoms with van der Waals surface area (Å²) < 4.78 is 5.79. The van der Waals surface area contributed by atoms with Gasteiger partial charge in [0.1, 0.15) is 13.4 Å². The maximum Gasteiger partial charge on any atom is 0.227 e. The number of nitrogens with zero attached hydrogens (tertiary/aromatic N) is 1. The quantitative estimate of drug-likeness (QED) is 0.434. The van der Waals surface area contributed by atoms with Crippen LogP contribution in [0.15, 0.2) is 53.1 Å². The average molecular weight is 231 g/mol. The summed E-state index contributed by atoms with van der Waals surface area (Å²) in [6, 6.07) is 14.5. The van der Waals surface area contributed by atoms with Gasteiger partial charge in [-0.15, -0.1) is 0 Å². The molecule has 0 atom stereocenters. The lowest BCUT2D eigenvalue weighted by molar-refractivity contribution is 0.654. The number of hydrogen-bond acceptors (Lipinski definition) is 2. The lowest BCUT2D eigenvalue weighted by Gasteiger charge is -2.02. The van der Waals surface area contributed by atoms with Crippen LogP contribution >= 0.6 is 0 Å². The van der Waals surface area contributed by atoms with E-state index in [0.29, 0.717) is 5.71 Å². The molecule has 0 unspecified atom stereocenters. The van der Waals surface area contributed by atoms with E-state index in [1.807, 2.05) is 12.1 Å². The Morgan fingerprint density at radius 1 is 0.889 bits per heavy atom. The predicted octanol–water partition coefficient (Wildman–Crippen LogP) is 2.39. The van der Waals surface area contributed by atoms with Crippen molar-refractivity contribution in [1.29, 1.82) is 0 Å². The minimum absolute atomic E-state index is 0.710. The molecular weight excluding hydrogens is 221 g/mol. The Kier molecular flexibility index (Phi) is 1.81. The monoisotopic (exact) mass is 231 g/mol. The molecule has 0 fully saturated rings. The Bertz CT molecular complexity index is 895. The number of hydrogen-bond donors (Lipinski definition) is 0. The largest absolute Gasteiger partial charge is 0.438 e. The van der Waals surface area contributed by atoms with Crippen molar-refractivity contribution in [3.63, 3.8) is 0 Å². The highest BCUT2D eigenvalue weighted by atomic mass is 16.3. The maximum absolute atomic E-state index is 5.79. The molecule has 0 radical (unpaired) electrons. The second kappa shape index (κ2) is 3.36. The van der Waals surface area contributed by atoms with E-state index in [2.05, 4.69) is 43.2 Å². The highest BCUT2D eigenvalue weighted by Crippen LogP contribution is 2.32. The van der Waals surface area contributed by atoms with Crippen molar-refractivity contribution in [2.75, 3.05) is 0 Å². The molecule has 2 nitrogen and oxygen atoms in total. The normalized spacial score (nSPS) is 11.6. The molecule has 0 spiro atoms. The van der Waals surface area contributed by atoms with Crippen molar-refractivity contribution in [3.05, 3.63) is 48.7 Å². The third-order valence-electron chi connectivity index (χ3n) is 3.49. The van der Waals surface area contributed by atoms with Gasteiger partial charge in [0, 0.05) is 17.0 Å². The van der Waals surface area contributed by atoms with E-state index in [-0.39, 0.29) is 0 Å². The van der Waals surface area contributed by atoms with Gasteiger partial charge in [-0.2, -0.15) is 0 Å². The lowest BCUT2D eigenvalue weighted by atomic mass is 9.89.